The van der Waals surface area contributed by atoms with E-state index >= 15 is 0 Å². The van der Waals surface area contributed by atoms with Gasteiger partial charge in [-0.1, -0.05) is 44.1 Å². The van der Waals surface area contributed by atoms with Crippen molar-refractivity contribution in [3.8, 4) is 5.75 Å². The summed E-state index contributed by atoms with van der Waals surface area (Å²) < 4.78 is 5.15. The van der Waals surface area contributed by atoms with Crippen LogP contribution in [0.15, 0.2) is 40.3 Å². The molecule has 0 amide bonds. The van der Waals surface area contributed by atoms with Crippen molar-refractivity contribution in [1.29, 1.82) is 0 Å². The molecule has 0 unspecified atom stereocenters. The Bertz CT molecular complexity index is 594. The number of nitrogens with zero attached hydrogens (tertiary/aromatic N) is 2. The smallest absolute Gasteiger partial charge is 0.136 e. The van der Waals surface area contributed by atoms with Crippen molar-refractivity contribution in [1.82, 2.24) is 9.97 Å². The van der Waals surface area contributed by atoms with Gasteiger partial charge >= 0.3 is 0 Å². The van der Waals surface area contributed by atoms with Crippen LogP contribution in [0.25, 0.3) is 0 Å². The number of rotatable bonds is 3. The highest BCUT2D eigenvalue weighted by Crippen LogP contribution is 2.30. The molecule has 5 heteroatoms. The van der Waals surface area contributed by atoms with E-state index < -0.39 is 0 Å². The first-order valence-electron chi connectivity index (χ1n) is 6.25. The summed E-state index contributed by atoms with van der Waals surface area (Å²) in [4.78, 5) is 9.96. The van der Waals surface area contributed by atoms with E-state index in [1.54, 1.807) is 24.9 Å². The van der Waals surface area contributed by atoms with Gasteiger partial charge in [0.15, 0.2) is 0 Å². The lowest BCUT2D eigenvalue weighted by atomic mass is 9.96. The largest absolute Gasteiger partial charge is 0.497 e. The zero-order valence-electron chi connectivity index (χ0n) is 12.0. The van der Waals surface area contributed by atoms with Gasteiger partial charge in [-0.2, -0.15) is 0 Å². The second kappa shape index (κ2) is 6.02. The number of halogens is 1. The summed E-state index contributed by atoms with van der Waals surface area (Å²) in [6.45, 7) is 6.21. The third kappa shape index (κ3) is 3.87. The third-order valence-electron chi connectivity index (χ3n) is 2.62. The molecule has 0 aliphatic heterocycles. The highest BCUT2D eigenvalue weighted by molar-refractivity contribution is 7.99. The van der Waals surface area contributed by atoms with E-state index in [0.29, 0.717) is 5.15 Å². The second-order valence-electron chi connectivity index (χ2n) is 5.38. The molecule has 1 aromatic heterocycles. The monoisotopic (exact) mass is 308 g/mol. The van der Waals surface area contributed by atoms with E-state index in [1.165, 1.54) is 0 Å². The van der Waals surface area contributed by atoms with Gasteiger partial charge in [-0.15, -0.1) is 0 Å². The van der Waals surface area contributed by atoms with Crippen molar-refractivity contribution < 1.29 is 4.74 Å². The fourth-order valence-electron chi connectivity index (χ4n) is 1.55. The van der Waals surface area contributed by atoms with Crippen molar-refractivity contribution in [2.24, 2.45) is 0 Å². The van der Waals surface area contributed by atoms with Crippen molar-refractivity contribution >= 4 is 23.4 Å². The molecule has 0 aliphatic rings. The molecule has 0 aliphatic carbocycles. The first-order valence-corrected chi connectivity index (χ1v) is 7.45. The lowest BCUT2D eigenvalue weighted by Gasteiger charge is -2.17. The van der Waals surface area contributed by atoms with Crippen molar-refractivity contribution in [3.63, 3.8) is 0 Å². The van der Waals surface area contributed by atoms with Crippen molar-refractivity contribution in [2.45, 2.75) is 36.1 Å². The van der Waals surface area contributed by atoms with Gasteiger partial charge in [-0.3, -0.25) is 0 Å². The average Bonchev–Trinajstić information content (AvgIpc) is 2.38. The number of hydrogen-bond acceptors (Lipinski definition) is 4. The van der Waals surface area contributed by atoms with E-state index in [9.17, 15) is 0 Å². The molecule has 0 radical (unpaired) electrons. The second-order valence-corrected chi connectivity index (χ2v) is 6.86. The van der Waals surface area contributed by atoms with Crippen LogP contribution in [0.2, 0.25) is 5.15 Å². The van der Waals surface area contributed by atoms with Crippen molar-refractivity contribution in [3.05, 3.63) is 41.3 Å². The van der Waals surface area contributed by atoms with E-state index in [1.807, 2.05) is 24.3 Å². The molecule has 3 nitrogen and oxygen atoms in total. The summed E-state index contributed by atoms with van der Waals surface area (Å²) in [7, 11) is 1.65. The standard InChI is InChI=1S/C15H17ClN2OS/c1-15(2,3)14-17-12(16)9-13(18-14)20-11-7-5-10(19-4)6-8-11/h5-9H,1-4H3. The Kier molecular flexibility index (Phi) is 4.55. The number of aromatic nitrogens is 2. The number of hydrogen-bond donors (Lipinski definition) is 0. The van der Waals surface area contributed by atoms with Crippen LogP contribution >= 0.6 is 23.4 Å². The summed E-state index contributed by atoms with van der Waals surface area (Å²) in [6, 6.07) is 9.63. The molecule has 0 atom stereocenters. The molecule has 1 aromatic carbocycles. The third-order valence-corrected chi connectivity index (χ3v) is 3.74. The van der Waals surface area contributed by atoms with Crippen LogP contribution in [0.3, 0.4) is 0 Å². The van der Waals surface area contributed by atoms with Gasteiger partial charge in [0.05, 0.1) is 7.11 Å². The van der Waals surface area contributed by atoms with Crippen LogP contribution in [0.4, 0.5) is 0 Å². The molecule has 0 N–H and O–H groups in total. The molecule has 20 heavy (non-hydrogen) atoms. The van der Waals surface area contributed by atoms with Gasteiger partial charge in [-0.25, -0.2) is 9.97 Å². The Morgan fingerprint density at radius 2 is 1.75 bits per heavy atom. The summed E-state index contributed by atoms with van der Waals surface area (Å²) in [5.74, 6) is 1.59. The van der Waals surface area contributed by atoms with E-state index in [2.05, 4.69) is 30.7 Å². The van der Waals surface area contributed by atoms with Crippen LogP contribution < -0.4 is 4.74 Å². The van der Waals surface area contributed by atoms with Crippen molar-refractivity contribution in [2.75, 3.05) is 7.11 Å². The highest BCUT2D eigenvalue weighted by atomic mass is 35.5. The zero-order valence-corrected chi connectivity index (χ0v) is 13.5. The maximum Gasteiger partial charge on any atom is 0.136 e. The number of ether oxygens (including phenoxy) is 1. The molecule has 0 saturated carbocycles. The molecule has 2 aromatic rings. The lowest BCUT2D eigenvalue weighted by Crippen LogP contribution is -2.16. The number of benzene rings is 1. The summed E-state index contributed by atoms with van der Waals surface area (Å²) in [5.41, 5.74) is -0.125. The van der Waals surface area contributed by atoms with Crippen LogP contribution in [0, 0.1) is 0 Å². The molecule has 0 saturated heterocycles. The Hall–Kier alpha value is -1.26. The highest BCUT2D eigenvalue weighted by Gasteiger charge is 2.19. The van der Waals surface area contributed by atoms with Gasteiger partial charge < -0.3 is 4.74 Å². The minimum absolute atomic E-state index is 0.125. The van der Waals surface area contributed by atoms with Gasteiger partial charge in [0.1, 0.15) is 21.8 Å². The Morgan fingerprint density at radius 1 is 1.10 bits per heavy atom. The van der Waals surface area contributed by atoms with Gasteiger partial charge in [0.2, 0.25) is 0 Å². The maximum absolute atomic E-state index is 6.09. The van der Waals surface area contributed by atoms with Crippen LogP contribution in [0.1, 0.15) is 26.6 Å². The summed E-state index contributed by atoms with van der Waals surface area (Å²) >= 11 is 7.65. The van der Waals surface area contributed by atoms with Gasteiger partial charge in [0.25, 0.3) is 0 Å². The Morgan fingerprint density at radius 3 is 2.30 bits per heavy atom. The zero-order chi connectivity index (χ0) is 14.8. The average molecular weight is 309 g/mol. The fraction of sp³-hybridized carbons (Fsp3) is 0.333. The topological polar surface area (TPSA) is 35.0 Å². The lowest BCUT2D eigenvalue weighted by molar-refractivity contribution is 0.414. The summed E-state index contributed by atoms with van der Waals surface area (Å²) in [6.07, 6.45) is 0. The SMILES string of the molecule is COc1ccc(Sc2cc(Cl)nc(C(C)(C)C)n2)cc1. The van der Waals surface area contributed by atoms with E-state index in [0.717, 1.165) is 21.5 Å². The molecule has 0 fully saturated rings. The quantitative estimate of drug-likeness (QED) is 0.777. The Labute approximate surface area is 128 Å². The normalized spacial score (nSPS) is 11.4. The first-order chi connectivity index (χ1) is 9.38. The minimum Gasteiger partial charge on any atom is -0.497 e. The maximum atomic E-state index is 6.09. The van der Waals surface area contributed by atoms with Crippen LogP contribution in [-0.4, -0.2) is 17.1 Å². The molecular formula is C15H17ClN2OS. The first kappa shape index (κ1) is 15.1. The molecule has 0 spiro atoms. The van der Waals surface area contributed by atoms with Crippen LogP contribution in [0.5, 0.6) is 5.75 Å². The van der Waals surface area contributed by atoms with Gasteiger partial charge in [0, 0.05) is 16.4 Å². The summed E-state index contributed by atoms with van der Waals surface area (Å²) in [5, 5.41) is 1.32. The minimum atomic E-state index is -0.125. The molecule has 1 heterocycles. The number of methoxy groups -OCH3 is 1. The predicted octanol–water partition coefficient (Wildman–Crippen LogP) is 4.59. The van der Waals surface area contributed by atoms with E-state index in [-0.39, 0.29) is 5.41 Å². The molecular weight excluding hydrogens is 292 g/mol. The molecule has 106 valence electrons. The predicted molar refractivity (Wildman–Crippen MR) is 82.9 cm³/mol. The van der Waals surface area contributed by atoms with E-state index in [4.69, 9.17) is 16.3 Å². The molecule has 2 rings (SSSR count). The Balaban J connectivity index is 2.26. The van der Waals surface area contributed by atoms with Gasteiger partial charge in [-0.05, 0) is 24.3 Å². The fourth-order valence-corrected chi connectivity index (χ4v) is 2.61. The molecule has 0 bridgehead atoms. The van der Waals surface area contributed by atoms with Crippen LogP contribution in [-0.2, 0) is 5.41 Å².